The molecule has 12 heavy (non-hydrogen) atoms. The second-order valence-corrected chi connectivity index (χ2v) is 4.05. The molecular formula is C7H14NO3P. The molecule has 0 bridgehead atoms. The van der Waals surface area contributed by atoms with Gasteiger partial charge < -0.3 is 14.8 Å². The Balaban J connectivity index is 0.000000211. The van der Waals surface area contributed by atoms with E-state index in [9.17, 15) is 4.57 Å². The minimum absolute atomic E-state index is 0.00694. The fraction of sp³-hybridized carbons (Fsp3) is 0.429. The SMILES string of the molecule is CCCP(=O)(O)O.c1cc[nH]c1. The second-order valence-electron chi connectivity index (χ2n) is 2.27. The van der Waals surface area contributed by atoms with Crippen LogP contribution in [0, 0.1) is 0 Å². The molecule has 0 spiro atoms. The first-order valence-corrected chi connectivity index (χ1v) is 5.48. The van der Waals surface area contributed by atoms with Crippen LogP contribution in [0.1, 0.15) is 13.3 Å². The minimum Gasteiger partial charge on any atom is -0.368 e. The van der Waals surface area contributed by atoms with E-state index in [-0.39, 0.29) is 6.16 Å². The number of hydrogen-bond donors (Lipinski definition) is 3. The Hall–Kier alpha value is -0.570. The number of hydrogen-bond acceptors (Lipinski definition) is 1. The van der Waals surface area contributed by atoms with Crippen LogP contribution in [0.5, 0.6) is 0 Å². The van der Waals surface area contributed by atoms with Crippen LogP contribution in [0.4, 0.5) is 0 Å². The summed E-state index contributed by atoms with van der Waals surface area (Å²) in [5.41, 5.74) is 0. The third-order valence-corrected chi connectivity index (χ3v) is 2.04. The lowest BCUT2D eigenvalue weighted by molar-refractivity contribution is 0.372. The molecule has 0 amide bonds. The third kappa shape index (κ3) is 9.43. The summed E-state index contributed by atoms with van der Waals surface area (Å²) in [4.78, 5) is 19.1. The smallest absolute Gasteiger partial charge is 0.325 e. The van der Waals surface area contributed by atoms with E-state index in [1.807, 2.05) is 24.5 Å². The zero-order chi connectivity index (χ0) is 9.45. The molecule has 5 heteroatoms. The molecule has 0 fully saturated rings. The summed E-state index contributed by atoms with van der Waals surface area (Å²) in [6.07, 6.45) is 4.30. The van der Waals surface area contributed by atoms with E-state index in [2.05, 4.69) is 4.98 Å². The van der Waals surface area contributed by atoms with Gasteiger partial charge in [0.25, 0.3) is 0 Å². The Morgan fingerprint density at radius 3 is 1.92 bits per heavy atom. The molecular weight excluding hydrogens is 177 g/mol. The molecule has 0 aromatic carbocycles. The van der Waals surface area contributed by atoms with Crippen molar-refractivity contribution in [1.29, 1.82) is 0 Å². The highest BCUT2D eigenvalue weighted by Gasteiger charge is 2.08. The van der Waals surface area contributed by atoms with Gasteiger partial charge in [0.1, 0.15) is 0 Å². The summed E-state index contributed by atoms with van der Waals surface area (Å²) in [6, 6.07) is 3.89. The van der Waals surface area contributed by atoms with E-state index in [0.717, 1.165) is 0 Å². The van der Waals surface area contributed by atoms with Gasteiger partial charge in [-0.25, -0.2) is 0 Å². The minimum atomic E-state index is -3.67. The fourth-order valence-electron chi connectivity index (χ4n) is 0.569. The van der Waals surface area contributed by atoms with Gasteiger partial charge in [-0.15, -0.1) is 0 Å². The Morgan fingerprint density at radius 2 is 1.83 bits per heavy atom. The lowest BCUT2D eigenvalue weighted by atomic mass is 10.6. The Morgan fingerprint density at radius 1 is 1.33 bits per heavy atom. The quantitative estimate of drug-likeness (QED) is 0.621. The van der Waals surface area contributed by atoms with Crippen LogP contribution in [-0.2, 0) is 4.57 Å². The van der Waals surface area contributed by atoms with Gasteiger partial charge in [-0.2, -0.15) is 0 Å². The molecule has 0 radical (unpaired) electrons. The van der Waals surface area contributed by atoms with Crippen molar-refractivity contribution in [3.8, 4) is 0 Å². The first kappa shape index (κ1) is 11.4. The van der Waals surface area contributed by atoms with Crippen LogP contribution in [0.25, 0.3) is 0 Å². The summed E-state index contributed by atoms with van der Waals surface area (Å²) in [7, 11) is -3.67. The topological polar surface area (TPSA) is 73.3 Å². The number of aromatic nitrogens is 1. The van der Waals surface area contributed by atoms with Gasteiger partial charge in [0.05, 0.1) is 0 Å². The summed E-state index contributed by atoms with van der Waals surface area (Å²) < 4.78 is 9.93. The largest absolute Gasteiger partial charge is 0.368 e. The molecule has 0 unspecified atom stereocenters. The Labute approximate surface area is 71.8 Å². The van der Waals surface area contributed by atoms with Crippen molar-refractivity contribution in [3.63, 3.8) is 0 Å². The maximum atomic E-state index is 9.93. The van der Waals surface area contributed by atoms with E-state index in [4.69, 9.17) is 9.79 Å². The lowest BCUT2D eigenvalue weighted by Crippen LogP contribution is -1.82. The highest BCUT2D eigenvalue weighted by atomic mass is 31.2. The van der Waals surface area contributed by atoms with E-state index in [0.29, 0.717) is 6.42 Å². The van der Waals surface area contributed by atoms with E-state index in [1.165, 1.54) is 0 Å². The molecule has 70 valence electrons. The maximum absolute atomic E-state index is 9.93. The molecule has 4 nitrogen and oxygen atoms in total. The Bertz CT molecular complexity index is 199. The van der Waals surface area contributed by atoms with Gasteiger partial charge in [-0.3, -0.25) is 4.57 Å². The van der Waals surface area contributed by atoms with Crippen LogP contribution in [-0.4, -0.2) is 20.9 Å². The van der Waals surface area contributed by atoms with E-state index >= 15 is 0 Å². The Kier molecular flexibility index (Phi) is 5.72. The van der Waals surface area contributed by atoms with Crippen LogP contribution in [0.2, 0.25) is 0 Å². The first-order chi connectivity index (χ1) is 5.56. The van der Waals surface area contributed by atoms with E-state index in [1.54, 1.807) is 6.92 Å². The van der Waals surface area contributed by atoms with Gasteiger partial charge in [0, 0.05) is 18.6 Å². The molecule has 0 saturated heterocycles. The van der Waals surface area contributed by atoms with Gasteiger partial charge >= 0.3 is 7.60 Å². The maximum Gasteiger partial charge on any atom is 0.325 e. The molecule has 1 rings (SSSR count). The first-order valence-electron chi connectivity index (χ1n) is 3.68. The van der Waals surface area contributed by atoms with Crippen LogP contribution >= 0.6 is 7.60 Å². The normalized spacial score (nSPS) is 10.2. The number of aromatic amines is 1. The molecule has 1 heterocycles. The summed E-state index contributed by atoms with van der Waals surface area (Å²) in [5, 5.41) is 0. The standard InChI is InChI=1S/C4H5N.C3H9O3P/c1-2-4-5-3-1;1-2-3-7(4,5)6/h1-5H;2-3H2,1H3,(H2,4,5,6). The van der Waals surface area contributed by atoms with Gasteiger partial charge in [-0.1, -0.05) is 6.92 Å². The molecule has 0 atom stereocenters. The molecule has 0 saturated carbocycles. The average Bonchev–Trinajstić information content (AvgIpc) is 2.38. The van der Waals surface area contributed by atoms with Crippen molar-refractivity contribution < 1.29 is 14.4 Å². The van der Waals surface area contributed by atoms with Crippen molar-refractivity contribution in [2.24, 2.45) is 0 Å². The highest BCUT2D eigenvalue weighted by molar-refractivity contribution is 7.51. The fourth-order valence-corrected chi connectivity index (χ4v) is 1.15. The van der Waals surface area contributed by atoms with Crippen molar-refractivity contribution >= 4 is 7.60 Å². The van der Waals surface area contributed by atoms with Gasteiger partial charge in [0.2, 0.25) is 0 Å². The van der Waals surface area contributed by atoms with Gasteiger partial charge in [0.15, 0.2) is 0 Å². The molecule has 0 aliphatic carbocycles. The number of nitrogens with one attached hydrogen (secondary N) is 1. The molecule has 3 N–H and O–H groups in total. The summed E-state index contributed by atoms with van der Waals surface area (Å²) in [5.74, 6) is 0. The van der Waals surface area contributed by atoms with Crippen LogP contribution in [0.3, 0.4) is 0 Å². The molecule has 1 aromatic heterocycles. The molecule has 0 aliphatic rings. The van der Waals surface area contributed by atoms with Crippen molar-refractivity contribution in [2.75, 3.05) is 6.16 Å². The number of H-pyrrole nitrogens is 1. The van der Waals surface area contributed by atoms with Crippen molar-refractivity contribution in [1.82, 2.24) is 4.98 Å². The molecule has 0 aliphatic heterocycles. The predicted molar refractivity (Wildman–Crippen MR) is 48.0 cm³/mol. The third-order valence-electron chi connectivity index (χ3n) is 1.01. The monoisotopic (exact) mass is 191 g/mol. The zero-order valence-electron chi connectivity index (χ0n) is 6.97. The van der Waals surface area contributed by atoms with Gasteiger partial charge in [-0.05, 0) is 18.6 Å². The average molecular weight is 191 g/mol. The predicted octanol–water partition coefficient (Wildman–Crippen LogP) is 1.59. The summed E-state index contributed by atoms with van der Waals surface area (Å²) in [6.45, 7) is 1.74. The highest BCUT2D eigenvalue weighted by Crippen LogP contribution is 2.34. The van der Waals surface area contributed by atoms with Crippen molar-refractivity contribution in [2.45, 2.75) is 13.3 Å². The lowest BCUT2D eigenvalue weighted by Gasteiger charge is -1.96. The van der Waals surface area contributed by atoms with Crippen LogP contribution in [0.15, 0.2) is 24.5 Å². The van der Waals surface area contributed by atoms with E-state index < -0.39 is 7.60 Å². The zero-order valence-corrected chi connectivity index (χ0v) is 7.87. The van der Waals surface area contributed by atoms with Crippen LogP contribution < -0.4 is 0 Å². The second kappa shape index (κ2) is 6.00. The summed E-state index contributed by atoms with van der Waals surface area (Å²) >= 11 is 0. The number of rotatable bonds is 2. The van der Waals surface area contributed by atoms with Crippen molar-refractivity contribution in [3.05, 3.63) is 24.5 Å². The molecule has 1 aromatic rings.